The summed E-state index contributed by atoms with van der Waals surface area (Å²) in [4.78, 5) is 25.0. The second-order valence-corrected chi connectivity index (χ2v) is 6.86. The van der Waals surface area contributed by atoms with E-state index in [0.29, 0.717) is 24.3 Å². The molecule has 0 saturated heterocycles. The second kappa shape index (κ2) is 11.0. The van der Waals surface area contributed by atoms with E-state index in [4.69, 9.17) is 28.5 Å². The summed E-state index contributed by atoms with van der Waals surface area (Å²) in [7, 11) is 2.62. The first-order valence-electron chi connectivity index (χ1n) is 10.3. The molecule has 0 atom stereocenters. The van der Waals surface area contributed by atoms with Crippen molar-refractivity contribution in [2.75, 3.05) is 27.4 Å². The molecular formula is C24H20FN3O7. The van der Waals surface area contributed by atoms with Gasteiger partial charge in [0.05, 0.1) is 20.5 Å². The van der Waals surface area contributed by atoms with E-state index in [2.05, 4.69) is 15.1 Å². The number of carbonyl (C=O) groups excluding carboxylic acids is 1. The second-order valence-electron chi connectivity index (χ2n) is 6.86. The fraction of sp³-hybridized carbons (Fsp3) is 0.167. The minimum absolute atomic E-state index is 0.0742. The van der Waals surface area contributed by atoms with Gasteiger partial charge in [-0.1, -0.05) is 24.3 Å². The van der Waals surface area contributed by atoms with E-state index in [1.807, 2.05) is 0 Å². The van der Waals surface area contributed by atoms with Crippen molar-refractivity contribution in [3.63, 3.8) is 0 Å². The summed E-state index contributed by atoms with van der Waals surface area (Å²) in [5.41, 5.74) is 0.970. The van der Waals surface area contributed by atoms with Gasteiger partial charge in [0, 0.05) is 11.1 Å². The Balaban J connectivity index is 1.61. The Morgan fingerprint density at radius 1 is 1.03 bits per heavy atom. The Labute approximate surface area is 199 Å². The average molecular weight is 481 g/mol. The number of carbonyl (C=O) groups is 1. The fourth-order valence-electron chi connectivity index (χ4n) is 3.06. The van der Waals surface area contributed by atoms with Crippen molar-refractivity contribution in [3.05, 3.63) is 78.1 Å². The van der Waals surface area contributed by atoms with Gasteiger partial charge in [-0.25, -0.2) is 4.79 Å². The summed E-state index contributed by atoms with van der Waals surface area (Å²) < 4.78 is 41.8. The van der Waals surface area contributed by atoms with Gasteiger partial charge in [-0.15, -0.1) is 0 Å². The monoisotopic (exact) mass is 481 g/mol. The molecule has 0 radical (unpaired) electrons. The van der Waals surface area contributed by atoms with Gasteiger partial charge < -0.3 is 28.5 Å². The number of benzene rings is 2. The number of ether oxygens (including phenoxy) is 5. The molecule has 180 valence electrons. The molecule has 0 saturated carbocycles. The molecular weight excluding hydrogens is 461 g/mol. The molecule has 0 spiro atoms. The highest BCUT2D eigenvalue weighted by Gasteiger charge is 2.21. The first kappa shape index (κ1) is 23.5. The number of nitrogens with zero attached hydrogens (tertiary/aromatic N) is 3. The van der Waals surface area contributed by atoms with Crippen molar-refractivity contribution in [1.82, 2.24) is 9.97 Å². The molecule has 0 amide bonds. The Morgan fingerprint density at radius 2 is 1.83 bits per heavy atom. The molecule has 3 aromatic rings. The van der Waals surface area contributed by atoms with Crippen molar-refractivity contribution in [1.29, 1.82) is 0 Å². The summed E-state index contributed by atoms with van der Waals surface area (Å²) >= 11 is 0. The first-order chi connectivity index (χ1) is 17.1. The van der Waals surface area contributed by atoms with Gasteiger partial charge >= 0.3 is 5.97 Å². The minimum atomic E-state index is -0.947. The van der Waals surface area contributed by atoms with Crippen LogP contribution < -0.4 is 9.47 Å². The molecule has 1 aromatic heterocycles. The quantitative estimate of drug-likeness (QED) is 0.267. The lowest BCUT2D eigenvalue weighted by Crippen LogP contribution is -2.16. The van der Waals surface area contributed by atoms with E-state index >= 15 is 4.39 Å². The highest BCUT2D eigenvalue weighted by Crippen LogP contribution is 2.34. The van der Waals surface area contributed by atoms with Crippen LogP contribution in [-0.4, -0.2) is 49.3 Å². The number of rotatable bonds is 8. The van der Waals surface area contributed by atoms with Crippen LogP contribution in [0.2, 0.25) is 0 Å². The Bertz CT molecular complexity index is 1280. The van der Waals surface area contributed by atoms with E-state index in [-0.39, 0.29) is 28.8 Å². The molecule has 0 unspecified atom stereocenters. The summed E-state index contributed by atoms with van der Waals surface area (Å²) in [6.07, 6.45) is 2.30. The molecule has 2 heterocycles. The zero-order valence-electron chi connectivity index (χ0n) is 18.8. The molecule has 0 fully saturated rings. The van der Waals surface area contributed by atoms with Crippen LogP contribution in [0.25, 0.3) is 5.57 Å². The van der Waals surface area contributed by atoms with Crippen LogP contribution in [0.15, 0.2) is 66.3 Å². The van der Waals surface area contributed by atoms with Crippen LogP contribution in [0.5, 0.6) is 23.3 Å². The molecule has 10 nitrogen and oxygen atoms in total. The molecule has 1 aliphatic rings. The molecule has 35 heavy (non-hydrogen) atoms. The topological polar surface area (TPSA) is 111 Å². The van der Waals surface area contributed by atoms with Crippen molar-refractivity contribution in [2.45, 2.75) is 0 Å². The number of esters is 1. The minimum Gasteiger partial charge on any atom is -0.503 e. The molecule has 11 heteroatoms. The van der Waals surface area contributed by atoms with E-state index in [0.717, 1.165) is 6.33 Å². The smallest absolute Gasteiger partial charge is 0.341 e. The van der Waals surface area contributed by atoms with Gasteiger partial charge in [0.2, 0.25) is 5.82 Å². The molecule has 0 N–H and O–H groups in total. The molecule has 0 aliphatic carbocycles. The molecule has 2 aromatic carbocycles. The highest BCUT2D eigenvalue weighted by atomic mass is 19.1. The van der Waals surface area contributed by atoms with Crippen LogP contribution in [-0.2, 0) is 23.8 Å². The molecule has 0 bridgehead atoms. The zero-order chi connectivity index (χ0) is 24.6. The van der Waals surface area contributed by atoms with E-state index in [1.54, 1.807) is 48.5 Å². The van der Waals surface area contributed by atoms with Gasteiger partial charge in [0.15, 0.2) is 6.61 Å². The third kappa shape index (κ3) is 5.46. The molecule has 1 aliphatic heterocycles. The summed E-state index contributed by atoms with van der Waals surface area (Å²) in [5.74, 6) is -1.68. The average Bonchev–Trinajstić information content (AvgIpc) is 2.90. The lowest BCUT2D eigenvalue weighted by Gasteiger charge is -2.14. The van der Waals surface area contributed by atoms with E-state index < -0.39 is 17.7 Å². The third-order valence-electron chi connectivity index (χ3n) is 4.61. The predicted octanol–water partition coefficient (Wildman–Crippen LogP) is 4.07. The number of aromatic nitrogens is 2. The Morgan fingerprint density at radius 3 is 2.57 bits per heavy atom. The lowest BCUT2D eigenvalue weighted by atomic mass is 10.1. The number of hydrogen-bond acceptors (Lipinski definition) is 10. The van der Waals surface area contributed by atoms with E-state index in [9.17, 15) is 4.79 Å². The summed E-state index contributed by atoms with van der Waals surface area (Å²) in [5, 5.41) is 3.85. The van der Waals surface area contributed by atoms with E-state index in [1.165, 1.54) is 20.5 Å². The number of para-hydroxylation sites is 1. The maximum atomic E-state index is 15.2. The summed E-state index contributed by atoms with van der Waals surface area (Å²) in [6.45, 7) is 0.726. The van der Waals surface area contributed by atoms with Crippen LogP contribution in [0, 0.1) is 5.82 Å². The van der Waals surface area contributed by atoms with Crippen molar-refractivity contribution in [2.24, 2.45) is 5.16 Å². The maximum Gasteiger partial charge on any atom is 0.341 e. The van der Waals surface area contributed by atoms with Crippen LogP contribution in [0.1, 0.15) is 11.1 Å². The SMILES string of the molecule is CO/C=C(/C(=O)OC)c1ccccc1Oc1ncnc(Oc2cccc(C3=NOCCO3)c2)c1F. The van der Waals surface area contributed by atoms with Gasteiger partial charge in [0.25, 0.3) is 17.7 Å². The number of halogens is 1. The summed E-state index contributed by atoms with van der Waals surface area (Å²) in [6, 6.07) is 13.1. The normalized spacial score (nSPS) is 13.1. The van der Waals surface area contributed by atoms with Gasteiger partial charge in [-0.3, -0.25) is 0 Å². The number of methoxy groups -OCH3 is 2. The zero-order valence-corrected chi connectivity index (χ0v) is 18.8. The van der Waals surface area contributed by atoms with Gasteiger partial charge in [-0.2, -0.15) is 14.4 Å². The van der Waals surface area contributed by atoms with Gasteiger partial charge in [0.1, 0.15) is 30.0 Å². The van der Waals surface area contributed by atoms with Gasteiger partial charge in [-0.05, 0) is 29.4 Å². The maximum absolute atomic E-state index is 15.2. The number of oxime groups is 1. The standard InChI is InChI=1S/C24H20FN3O7/c1-30-13-18(24(29)31-2)17-8-3-4-9-19(17)35-23-20(25)22(26-14-27-23)34-16-7-5-6-15(12-16)21-28-33-11-10-32-21/h3-9,12-14H,10-11H2,1-2H3/b18-13+. The van der Waals surface area contributed by atoms with Crippen molar-refractivity contribution in [3.8, 4) is 23.3 Å². The van der Waals surface area contributed by atoms with Crippen LogP contribution in [0.3, 0.4) is 0 Å². The van der Waals surface area contributed by atoms with Crippen molar-refractivity contribution >= 4 is 17.4 Å². The van der Waals surface area contributed by atoms with Crippen LogP contribution in [0.4, 0.5) is 4.39 Å². The Hall–Kier alpha value is -4.67. The first-order valence-corrected chi connectivity index (χ1v) is 10.3. The molecule has 4 rings (SSSR count). The third-order valence-corrected chi connectivity index (χ3v) is 4.61. The highest BCUT2D eigenvalue weighted by molar-refractivity contribution is 6.17. The largest absolute Gasteiger partial charge is 0.503 e. The van der Waals surface area contributed by atoms with Crippen molar-refractivity contribution < 1.29 is 37.7 Å². The fourth-order valence-corrected chi connectivity index (χ4v) is 3.06. The van der Waals surface area contributed by atoms with Crippen LogP contribution >= 0.6 is 0 Å². The Kier molecular flexibility index (Phi) is 7.36. The lowest BCUT2D eigenvalue weighted by molar-refractivity contribution is -0.133. The number of hydrogen-bond donors (Lipinski definition) is 0. The predicted molar refractivity (Wildman–Crippen MR) is 120 cm³/mol.